The van der Waals surface area contributed by atoms with Crippen molar-refractivity contribution >= 4 is 23.5 Å². The number of esters is 2. The number of aromatic amines is 1. The third-order valence-corrected chi connectivity index (χ3v) is 3.98. The van der Waals surface area contributed by atoms with E-state index < -0.39 is 24.5 Å². The molecule has 0 saturated carbocycles. The summed E-state index contributed by atoms with van der Waals surface area (Å²) in [7, 11) is 0. The first-order valence-corrected chi connectivity index (χ1v) is 9.33. The number of H-pyrrole nitrogens is 1. The highest BCUT2D eigenvalue weighted by molar-refractivity contribution is 6.00. The van der Waals surface area contributed by atoms with E-state index in [2.05, 4.69) is 10.3 Å². The molecule has 2 N–H and O–H groups in total. The second-order valence-corrected chi connectivity index (χ2v) is 6.63. The van der Waals surface area contributed by atoms with Crippen molar-refractivity contribution in [1.82, 2.24) is 4.98 Å². The maximum absolute atomic E-state index is 12.4. The highest BCUT2D eigenvalue weighted by Crippen LogP contribution is 2.24. The standard InChI is InChI=1S/C21H26N2O6/c1-6-27-16-10-8-7-9-15(16)23-17(24)11-28-21(26)19-13(4)18(14(5)22-19)20(25)29-12(2)3/h7-10,12,22H,6,11H2,1-5H3,(H,23,24). The lowest BCUT2D eigenvalue weighted by molar-refractivity contribution is -0.119. The number of hydrogen-bond donors (Lipinski definition) is 2. The summed E-state index contributed by atoms with van der Waals surface area (Å²) in [5.41, 5.74) is 1.80. The highest BCUT2D eigenvalue weighted by Gasteiger charge is 2.25. The zero-order valence-corrected chi connectivity index (χ0v) is 17.3. The van der Waals surface area contributed by atoms with E-state index in [0.29, 0.717) is 34.9 Å². The molecule has 1 heterocycles. The molecule has 8 nitrogen and oxygen atoms in total. The van der Waals surface area contributed by atoms with Crippen LogP contribution in [0.15, 0.2) is 24.3 Å². The molecule has 29 heavy (non-hydrogen) atoms. The second kappa shape index (κ2) is 9.77. The number of carbonyl (C=O) groups excluding carboxylic acids is 3. The predicted molar refractivity (Wildman–Crippen MR) is 107 cm³/mol. The summed E-state index contributed by atoms with van der Waals surface area (Å²) in [4.78, 5) is 39.6. The zero-order chi connectivity index (χ0) is 21.6. The summed E-state index contributed by atoms with van der Waals surface area (Å²) in [6.07, 6.45) is -0.283. The quantitative estimate of drug-likeness (QED) is 0.656. The lowest BCUT2D eigenvalue weighted by atomic mass is 10.1. The average molecular weight is 402 g/mol. The Bertz CT molecular complexity index is 901. The van der Waals surface area contributed by atoms with Gasteiger partial charge in [0.15, 0.2) is 6.61 Å². The first kappa shape index (κ1) is 22.0. The number of ether oxygens (including phenoxy) is 3. The van der Waals surface area contributed by atoms with Gasteiger partial charge in [0.1, 0.15) is 11.4 Å². The smallest absolute Gasteiger partial charge is 0.355 e. The van der Waals surface area contributed by atoms with Gasteiger partial charge < -0.3 is 24.5 Å². The largest absolute Gasteiger partial charge is 0.492 e. The molecule has 0 saturated heterocycles. The molecule has 0 aliphatic carbocycles. The Morgan fingerprint density at radius 1 is 1.10 bits per heavy atom. The second-order valence-electron chi connectivity index (χ2n) is 6.63. The highest BCUT2D eigenvalue weighted by atomic mass is 16.5. The minimum absolute atomic E-state index is 0.112. The Hall–Kier alpha value is -3.29. The van der Waals surface area contributed by atoms with E-state index in [0.717, 1.165) is 0 Å². The normalized spacial score (nSPS) is 10.6. The van der Waals surface area contributed by atoms with Gasteiger partial charge in [0.05, 0.1) is 24.0 Å². The number of rotatable bonds is 8. The summed E-state index contributed by atoms with van der Waals surface area (Å²) in [5.74, 6) is -1.23. The monoisotopic (exact) mass is 402 g/mol. The van der Waals surface area contributed by atoms with E-state index in [4.69, 9.17) is 14.2 Å². The number of aryl methyl sites for hydroxylation is 1. The minimum atomic E-state index is -0.734. The summed E-state index contributed by atoms with van der Waals surface area (Å²) in [5, 5.41) is 2.65. The van der Waals surface area contributed by atoms with Crippen LogP contribution in [0.3, 0.4) is 0 Å². The van der Waals surface area contributed by atoms with Crippen molar-refractivity contribution in [3.05, 3.63) is 46.8 Å². The molecule has 1 aromatic heterocycles. The van der Waals surface area contributed by atoms with E-state index >= 15 is 0 Å². The number of amides is 1. The number of carbonyl (C=O) groups is 3. The van der Waals surface area contributed by atoms with Crippen LogP contribution in [-0.2, 0) is 14.3 Å². The van der Waals surface area contributed by atoms with Crippen LogP contribution in [0.5, 0.6) is 5.75 Å². The Kier molecular flexibility index (Phi) is 7.41. The van der Waals surface area contributed by atoms with E-state index in [1.807, 2.05) is 6.92 Å². The maximum Gasteiger partial charge on any atom is 0.355 e. The summed E-state index contributed by atoms with van der Waals surface area (Å²) >= 11 is 0. The van der Waals surface area contributed by atoms with Crippen molar-refractivity contribution in [3.8, 4) is 5.75 Å². The zero-order valence-electron chi connectivity index (χ0n) is 17.3. The molecule has 0 aliphatic rings. The third kappa shape index (κ3) is 5.60. The maximum atomic E-state index is 12.4. The van der Waals surface area contributed by atoms with Gasteiger partial charge in [-0.15, -0.1) is 0 Å². The van der Waals surface area contributed by atoms with E-state index in [-0.39, 0.29) is 11.8 Å². The number of hydrogen-bond acceptors (Lipinski definition) is 6. The number of para-hydroxylation sites is 2. The van der Waals surface area contributed by atoms with Crippen molar-refractivity contribution < 1.29 is 28.6 Å². The van der Waals surface area contributed by atoms with E-state index in [9.17, 15) is 14.4 Å². The fourth-order valence-corrected chi connectivity index (χ4v) is 2.77. The molecule has 1 amide bonds. The molecule has 8 heteroatoms. The topological polar surface area (TPSA) is 107 Å². The van der Waals surface area contributed by atoms with Crippen LogP contribution >= 0.6 is 0 Å². The van der Waals surface area contributed by atoms with Crippen LogP contribution in [0.4, 0.5) is 5.69 Å². The van der Waals surface area contributed by atoms with Crippen molar-refractivity contribution in [3.63, 3.8) is 0 Å². The van der Waals surface area contributed by atoms with Crippen LogP contribution in [0, 0.1) is 13.8 Å². The predicted octanol–water partition coefficient (Wildman–Crippen LogP) is 3.39. The SMILES string of the molecule is CCOc1ccccc1NC(=O)COC(=O)c1[nH]c(C)c(C(=O)OC(C)C)c1C. The molecule has 0 bridgehead atoms. The molecular weight excluding hydrogens is 376 g/mol. The number of nitrogens with one attached hydrogen (secondary N) is 2. The van der Waals surface area contributed by atoms with Crippen molar-refractivity contribution in [2.45, 2.75) is 40.7 Å². The van der Waals surface area contributed by atoms with Gasteiger partial charge in [-0.2, -0.15) is 0 Å². The van der Waals surface area contributed by atoms with Crippen molar-refractivity contribution in [1.29, 1.82) is 0 Å². The van der Waals surface area contributed by atoms with Crippen LogP contribution < -0.4 is 10.1 Å². The van der Waals surface area contributed by atoms with Crippen LogP contribution in [0.25, 0.3) is 0 Å². The molecule has 1 aromatic carbocycles. The van der Waals surface area contributed by atoms with Gasteiger partial charge in [-0.25, -0.2) is 9.59 Å². The van der Waals surface area contributed by atoms with Gasteiger partial charge in [-0.3, -0.25) is 4.79 Å². The average Bonchev–Trinajstić information content (AvgIpc) is 2.95. The fourth-order valence-electron chi connectivity index (χ4n) is 2.77. The van der Waals surface area contributed by atoms with Gasteiger partial charge in [0, 0.05) is 5.69 Å². The Morgan fingerprint density at radius 2 is 1.79 bits per heavy atom. The minimum Gasteiger partial charge on any atom is -0.492 e. The molecule has 0 radical (unpaired) electrons. The number of anilines is 1. The Morgan fingerprint density at radius 3 is 2.45 bits per heavy atom. The lowest BCUT2D eigenvalue weighted by Gasteiger charge is -2.11. The van der Waals surface area contributed by atoms with Gasteiger partial charge >= 0.3 is 11.9 Å². The van der Waals surface area contributed by atoms with Gasteiger partial charge in [-0.05, 0) is 52.3 Å². The van der Waals surface area contributed by atoms with E-state index in [1.165, 1.54) is 0 Å². The van der Waals surface area contributed by atoms with Crippen molar-refractivity contribution in [2.75, 3.05) is 18.5 Å². The molecule has 2 rings (SSSR count). The van der Waals surface area contributed by atoms with Gasteiger partial charge in [-0.1, -0.05) is 12.1 Å². The molecule has 0 unspecified atom stereocenters. The Balaban J connectivity index is 2.03. The molecule has 0 fully saturated rings. The molecule has 156 valence electrons. The first-order chi connectivity index (χ1) is 13.7. The lowest BCUT2D eigenvalue weighted by Crippen LogP contribution is -2.21. The number of aromatic nitrogens is 1. The molecule has 0 aliphatic heterocycles. The molecule has 0 spiro atoms. The van der Waals surface area contributed by atoms with Gasteiger partial charge in [0.2, 0.25) is 0 Å². The molecule has 2 aromatic rings. The molecular formula is C21H26N2O6. The van der Waals surface area contributed by atoms with Crippen LogP contribution in [0.1, 0.15) is 52.9 Å². The summed E-state index contributed by atoms with van der Waals surface area (Å²) in [6.45, 7) is 8.58. The summed E-state index contributed by atoms with van der Waals surface area (Å²) in [6, 6.07) is 6.97. The summed E-state index contributed by atoms with van der Waals surface area (Å²) < 4.78 is 15.7. The molecule has 0 atom stereocenters. The third-order valence-electron chi connectivity index (χ3n) is 3.98. The van der Waals surface area contributed by atoms with Crippen molar-refractivity contribution in [2.24, 2.45) is 0 Å². The fraction of sp³-hybridized carbons (Fsp3) is 0.381. The number of benzene rings is 1. The first-order valence-electron chi connectivity index (χ1n) is 9.33. The van der Waals surface area contributed by atoms with E-state index in [1.54, 1.807) is 52.0 Å². The van der Waals surface area contributed by atoms with Crippen LogP contribution in [0.2, 0.25) is 0 Å². The Labute approximate surface area is 169 Å². The van der Waals surface area contributed by atoms with Crippen LogP contribution in [-0.4, -0.2) is 42.1 Å². The van der Waals surface area contributed by atoms with Gasteiger partial charge in [0.25, 0.3) is 5.91 Å².